The maximum Gasteiger partial charge on any atom is 0.313 e. The average Bonchev–Trinajstić information content (AvgIpc) is 1.58. The molecule has 716 valence electrons. The fraction of sp³-hybridized carbons (Fsp3) is 0.738. The molecule has 24 nitrogen and oxygen atoms in total. The van der Waals surface area contributed by atoms with Crippen molar-refractivity contribution < 1.29 is 115 Å². The zero-order valence-electron chi connectivity index (χ0n) is 81.7. The summed E-state index contributed by atoms with van der Waals surface area (Å²) in [4.78, 5) is 106. The van der Waals surface area contributed by atoms with Gasteiger partial charge in [0.15, 0.2) is 6.29 Å². The quantitative estimate of drug-likeness (QED) is 0.0382. The van der Waals surface area contributed by atoms with Gasteiger partial charge in [0.2, 0.25) is 12.6 Å². The molecular weight excluding hydrogens is 1620 g/mol. The van der Waals surface area contributed by atoms with E-state index in [1.807, 2.05) is 168 Å². The minimum Gasteiger partial charge on any atom is -0.508 e. The number of aromatic hydroxyl groups is 3. The molecule has 5 heterocycles. The first kappa shape index (κ1) is 108. The van der Waals surface area contributed by atoms with Crippen LogP contribution in [0.2, 0.25) is 0 Å². The molecule has 0 amide bonds. The molecule has 5 aliphatic heterocycles. The smallest absolute Gasteiger partial charge is 0.313 e. The van der Waals surface area contributed by atoms with Crippen molar-refractivity contribution in [2.45, 2.75) is 382 Å². The topological polar surface area (TPSA) is 325 Å². The molecule has 127 heavy (non-hydrogen) atoms. The Bertz CT molecular complexity index is 3660. The first-order chi connectivity index (χ1) is 59.6. The lowest BCUT2D eigenvalue weighted by atomic mass is 9.87. The fourth-order valence-electron chi connectivity index (χ4n) is 16.6. The lowest BCUT2D eigenvalue weighted by Crippen LogP contribution is -2.39. The Labute approximate surface area is 759 Å². The van der Waals surface area contributed by atoms with Gasteiger partial charge in [-0.05, 0) is 283 Å². The number of esters is 9. The van der Waals surface area contributed by atoms with Gasteiger partial charge in [-0.1, -0.05) is 119 Å². The van der Waals surface area contributed by atoms with E-state index in [1.54, 1.807) is 43.3 Å². The number of hydrogen-bond donors (Lipinski definition) is 3. The van der Waals surface area contributed by atoms with Gasteiger partial charge in [-0.25, -0.2) is 0 Å². The van der Waals surface area contributed by atoms with Crippen LogP contribution < -0.4 is 0 Å². The van der Waals surface area contributed by atoms with Crippen molar-refractivity contribution in [3.05, 3.63) is 89.5 Å². The Balaban J connectivity index is 0.000000222. The van der Waals surface area contributed by atoms with Crippen molar-refractivity contribution in [1.29, 1.82) is 0 Å². The normalized spacial score (nSPS) is 27.2. The molecule has 21 unspecified atom stereocenters. The van der Waals surface area contributed by atoms with Gasteiger partial charge in [-0.15, -0.1) is 0 Å². The number of ether oxygens (including phenoxy) is 12. The molecule has 0 radical (unpaired) electrons. The summed E-state index contributed by atoms with van der Waals surface area (Å²) in [5.74, 6) is 3.68. The van der Waals surface area contributed by atoms with E-state index in [1.165, 1.54) is 16.7 Å². The van der Waals surface area contributed by atoms with Crippen molar-refractivity contribution in [3.63, 3.8) is 0 Å². The predicted octanol–water partition coefficient (Wildman–Crippen LogP) is 21.4. The number of phenolic OH excluding ortho intramolecular Hbond substituents is 3. The molecular formula is C103H160O24. The summed E-state index contributed by atoms with van der Waals surface area (Å²) in [5.41, 5.74) is 1.34. The van der Waals surface area contributed by atoms with Gasteiger partial charge in [-0.3, -0.25) is 43.2 Å². The van der Waals surface area contributed by atoms with Crippen LogP contribution in [0.5, 0.6) is 17.2 Å². The highest BCUT2D eigenvalue weighted by Gasteiger charge is 2.66. The van der Waals surface area contributed by atoms with Gasteiger partial charge in [0, 0.05) is 55.0 Å². The summed E-state index contributed by atoms with van der Waals surface area (Å²) in [6.45, 7) is 53.2. The number of fused-ring (bicyclic) bond motifs is 3. The third-order valence-corrected chi connectivity index (χ3v) is 29.0. The molecule has 6 aliphatic carbocycles. The van der Waals surface area contributed by atoms with Crippen molar-refractivity contribution in [2.24, 2.45) is 85.8 Å². The third-order valence-electron chi connectivity index (χ3n) is 29.0. The van der Waals surface area contributed by atoms with E-state index in [-0.39, 0.29) is 132 Å². The maximum absolute atomic E-state index is 12.1. The molecule has 3 N–H and O–H groups in total. The van der Waals surface area contributed by atoms with E-state index in [0.29, 0.717) is 90.3 Å². The van der Waals surface area contributed by atoms with Gasteiger partial charge in [0.05, 0.1) is 63.5 Å². The third kappa shape index (κ3) is 29.6. The second-order valence-electron chi connectivity index (χ2n) is 40.4. The molecule has 6 saturated carbocycles. The van der Waals surface area contributed by atoms with Crippen molar-refractivity contribution >= 4 is 53.7 Å². The SMILES string of the molecule is CCC(C)(C)C(=O)OC1C2CC3C(=O)OC1C3C2.CCC(C)(C)C(=O)OC1C2CC3C(=O)OC1C3C2.CCC(C)(C)C(=O)OC1C2CC3C(=O)OC1C3C2.CCC(C)(C)C(=O)OC1CCCCO1.CCC(C)(C)C(=O)OC1CCCO1.CCC(C)c1ccc(O)cc1.CCC(C)c1ccc(O)cc1.CCC(C)c1ccc(O)cc1.CCOC(C)OC(=O)C(C)(C)CC. The zero-order chi connectivity index (χ0) is 95.0. The maximum atomic E-state index is 12.1. The second kappa shape index (κ2) is 48.4. The monoisotopic (exact) mass is 1780 g/mol. The van der Waals surface area contributed by atoms with E-state index in [2.05, 4.69) is 41.5 Å². The molecule has 14 rings (SSSR count). The van der Waals surface area contributed by atoms with Crippen LogP contribution in [0.1, 0.15) is 343 Å². The number of carbonyl (C=O) groups excluding carboxylic acids is 9. The summed E-state index contributed by atoms with van der Waals surface area (Å²) in [6.07, 6.45) is 16.2. The molecule has 5 saturated heterocycles. The van der Waals surface area contributed by atoms with Gasteiger partial charge in [0.1, 0.15) is 53.9 Å². The highest BCUT2D eigenvalue weighted by atomic mass is 16.7. The van der Waals surface area contributed by atoms with Gasteiger partial charge >= 0.3 is 53.7 Å². The standard InChI is InChI=1S/3C14H20O4.C11H20O3.C10H18O3.C10H20O3.3C10H14O/c3*1-4-14(2,3)13(16)18-10-7-5-8-9(6-7)12(15)17-11(8)10;1-4-11(2,3)10(12)14-9-7-5-6-8-13-9;1-4-10(2,3)9(11)13-8-6-5-7-12-8;1-6-10(4,5)9(11)13-8(3)12-7-2;3*1-3-8(2)9-4-6-10(11)7-5-9/h3*7-11H,4-6H2,1-3H3;9H,4-8H2,1-3H3;8H,4-7H2,1-3H3;8H,6-7H2,1-5H3;3*4-8,11H,3H2,1-2H3. The number of benzene rings is 3. The molecule has 3 aromatic rings. The molecule has 11 fully saturated rings. The molecule has 24 heteroatoms. The molecule has 3 aromatic carbocycles. The molecule has 11 aliphatic rings. The van der Waals surface area contributed by atoms with Gasteiger partial charge in [0.25, 0.3) is 0 Å². The van der Waals surface area contributed by atoms with Gasteiger partial charge in [-0.2, -0.15) is 0 Å². The average molecular weight is 1780 g/mol. The van der Waals surface area contributed by atoms with Crippen LogP contribution in [0.25, 0.3) is 0 Å². The first-order valence-electron chi connectivity index (χ1n) is 47.7. The highest BCUT2D eigenvalue weighted by molar-refractivity contribution is 5.81. The Morgan fingerprint density at radius 2 is 0.606 bits per heavy atom. The lowest BCUT2D eigenvalue weighted by molar-refractivity contribution is -0.196. The van der Waals surface area contributed by atoms with E-state index in [9.17, 15) is 43.2 Å². The van der Waals surface area contributed by atoms with Crippen LogP contribution in [0.3, 0.4) is 0 Å². The summed E-state index contributed by atoms with van der Waals surface area (Å²) >= 11 is 0. The van der Waals surface area contributed by atoms with Crippen LogP contribution in [0.15, 0.2) is 72.8 Å². The summed E-state index contributed by atoms with van der Waals surface area (Å²) in [7, 11) is 0. The number of phenols is 3. The van der Waals surface area contributed by atoms with Crippen molar-refractivity contribution in [2.75, 3.05) is 19.8 Å². The first-order valence-corrected chi connectivity index (χ1v) is 47.7. The number of carbonyl (C=O) groups is 9. The lowest BCUT2D eigenvalue weighted by Gasteiger charge is -2.29. The summed E-state index contributed by atoms with van der Waals surface area (Å²) in [5, 5.41) is 27.0. The van der Waals surface area contributed by atoms with Crippen LogP contribution in [-0.4, -0.2) is 144 Å². The molecule has 21 atom stereocenters. The Kier molecular flexibility index (Phi) is 41.1. The Hall–Kier alpha value is -7.83. The van der Waals surface area contributed by atoms with E-state index in [0.717, 1.165) is 128 Å². The van der Waals surface area contributed by atoms with Crippen molar-refractivity contribution in [3.8, 4) is 17.2 Å². The minimum atomic E-state index is -0.455. The highest BCUT2D eigenvalue weighted by Crippen LogP contribution is 2.58. The van der Waals surface area contributed by atoms with E-state index >= 15 is 0 Å². The van der Waals surface area contributed by atoms with Crippen molar-refractivity contribution in [1.82, 2.24) is 0 Å². The van der Waals surface area contributed by atoms with Crippen LogP contribution in [-0.2, 0) is 100.0 Å². The summed E-state index contributed by atoms with van der Waals surface area (Å²) < 4.78 is 64.4. The van der Waals surface area contributed by atoms with Gasteiger partial charge < -0.3 is 72.2 Å². The largest absolute Gasteiger partial charge is 0.508 e. The Morgan fingerprint density at radius 3 is 0.835 bits per heavy atom. The zero-order valence-corrected chi connectivity index (χ0v) is 81.7. The fourth-order valence-corrected chi connectivity index (χ4v) is 16.6. The van der Waals surface area contributed by atoms with Crippen LogP contribution >= 0.6 is 0 Å². The minimum absolute atomic E-state index is 0.0779. The molecule has 6 bridgehead atoms. The Morgan fingerprint density at radius 1 is 0.354 bits per heavy atom. The second-order valence-corrected chi connectivity index (χ2v) is 40.4. The van der Waals surface area contributed by atoms with Crippen LogP contribution in [0.4, 0.5) is 0 Å². The van der Waals surface area contributed by atoms with E-state index in [4.69, 9.17) is 72.2 Å². The van der Waals surface area contributed by atoms with E-state index < -0.39 is 27.9 Å². The summed E-state index contributed by atoms with van der Waals surface area (Å²) in [6, 6.07) is 22.3. The molecule has 0 spiro atoms. The number of hydrogen-bond acceptors (Lipinski definition) is 24. The van der Waals surface area contributed by atoms with Crippen LogP contribution in [0, 0.1) is 85.8 Å². The number of rotatable bonds is 26. The predicted molar refractivity (Wildman–Crippen MR) is 485 cm³/mol. The molecule has 0 aromatic heterocycles.